The first-order valence-corrected chi connectivity index (χ1v) is 18.5. The topological polar surface area (TPSA) is 32.3 Å². The van der Waals surface area contributed by atoms with Crippen LogP contribution in [0.25, 0.3) is 10.2 Å². The van der Waals surface area contributed by atoms with Crippen molar-refractivity contribution < 1.29 is 13.2 Å². The van der Waals surface area contributed by atoms with Gasteiger partial charge < -0.3 is 0 Å². The van der Waals surface area contributed by atoms with E-state index in [9.17, 15) is 13.2 Å². The molecule has 2 unspecified atom stereocenters. The van der Waals surface area contributed by atoms with Crippen molar-refractivity contribution in [2.24, 2.45) is 5.92 Å². The summed E-state index contributed by atoms with van der Waals surface area (Å²) in [7, 11) is 0. The molecule has 0 saturated carbocycles. The molecule has 0 spiro atoms. The second-order valence-electron chi connectivity index (χ2n) is 9.30. The molecule has 154 valence electrons. The fourth-order valence-electron chi connectivity index (χ4n) is 4.71. The van der Waals surface area contributed by atoms with Gasteiger partial charge in [0.2, 0.25) is 0 Å². The van der Waals surface area contributed by atoms with Crippen LogP contribution in [0.2, 0.25) is 17.3 Å². The van der Waals surface area contributed by atoms with Crippen molar-refractivity contribution in [1.29, 1.82) is 0 Å². The Morgan fingerprint density at radius 1 is 1.18 bits per heavy atom. The van der Waals surface area contributed by atoms with Gasteiger partial charge in [-0.05, 0) is 0 Å². The zero-order valence-electron chi connectivity index (χ0n) is 16.6. The van der Waals surface area contributed by atoms with E-state index >= 15 is 0 Å². The fraction of sp³-hybridized carbons (Fsp3) is 0.684. The number of hydrogen-bond donors (Lipinski definition) is 0. The van der Waals surface area contributed by atoms with Crippen LogP contribution in [-0.4, -0.2) is 65.4 Å². The van der Waals surface area contributed by atoms with Crippen LogP contribution in [0.3, 0.4) is 0 Å². The Labute approximate surface area is 170 Å². The Kier molecular flexibility index (Phi) is 5.42. The number of rotatable bonds is 4. The second-order valence-corrected chi connectivity index (χ2v) is 21.8. The number of piperidine rings is 1. The molecule has 4 nitrogen and oxygen atoms in total. The first-order chi connectivity index (χ1) is 13.1. The van der Waals surface area contributed by atoms with Gasteiger partial charge in [0, 0.05) is 0 Å². The number of thiophene rings is 1. The van der Waals surface area contributed by atoms with Gasteiger partial charge in [-0.2, -0.15) is 13.2 Å². The molecule has 2 atom stereocenters. The van der Waals surface area contributed by atoms with Crippen LogP contribution in [0.1, 0.15) is 17.7 Å². The van der Waals surface area contributed by atoms with Crippen molar-refractivity contribution in [2.75, 3.05) is 29.9 Å². The van der Waals surface area contributed by atoms with Crippen molar-refractivity contribution in [2.45, 2.75) is 48.7 Å². The van der Waals surface area contributed by atoms with Crippen LogP contribution in [0.5, 0.6) is 0 Å². The predicted octanol–water partition coefficient (Wildman–Crippen LogP) is 4.57. The average molecular weight is 473 g/mol. The monoisotopic (exact) mass is 474 g/mol. The third kappa shape index (κ3) is 4.48. The van der Waals surface area contributed by atoms with E-state index in [1.165, 1.54) is 24.7 Å². The number of fused-ring (bicyclic) bond motifs is 2. The molecule has 0 N–H and O–H groups in total. The zero-order chi connectivity index (χ0) is 20.1. The number of hydrogen-bond acceptors (Lipinski definition) is 5. The molecule has 2 aliphatic rings. The summed E-state index contributed by atoms with van der Waals surface area (Å²) in [5.41, 5.74) is 0. The van der Waals surface area contributed by atoms with Gasteiger partial charge in [0.1, 0.15) is 0 Å². The Morgan fingerprint density at radius 2 is 1.96 bits per heavy atom. The van der Waals surface area contributed by atoms with Gasteiger partial charge in [-0.25, -0.2) is 0 Å². The molecule has 2 aromatic heterocycles. The number of likely N-dealkylation sites (tertiary alicyclic amines) is 1. The van der Waals surface area contributed by atoms with Crippen LogP contribution in [-0.2, 0) is 6.42 Å². The van der Waals surface area contributed by atoms with E-state index in [0.29, 0.717) is 21.7 Å². The molecular weight excluding hydrogens is 446 g/mol. The summed E-state index contributed by atoms with van der Waals surface area (Å²) in [6.07, 6.45) is -1.29. The molecule has 2 fully saturated rings. The normalized spacial score (nSPS) is 24.1. The maximum absolute atomic E-state index is 12.8. The van der Waals surface area contributed by atoms with Gasteiger partial charge in [0.15, 0.2) is 0 Å². The molecule has 0 amide bonds. The molecule has 28 heavy (non-hydrogen) atoms. The van der Waals surface area contributed by atoms with Gasteiger partial charge >= 0.3 is 157 Å². The van der Waals surface area contributed by atoms with E-state index in [-0.39, 0.29) is 0 Å². The van der Waals surface area contributed by atoms with E-state index in [1.54, 1.807) is 6.07 Å². The van der Waals surface area contributed by atoms with E-state index in [1.807, 2.05) is 0 Å². The van der Waals surface area contributed by atoms with Crippen LogP contribution in [0.4, 0.5) is 19.0 Å². The summed E-state index contributed by atoms with van der Waals surface area (Å²) in [6, 6.07) is 2.30. The summed E-state index contributed by atoms with van der Waals surface area (Å²) in [6.45, 7) is 3.03. The summed E-state index contributed by atoms with van der Waals surface area (Å²) >= 11 is -0.500. The summed E-state index contributed by atoms with van der Waals surface area (Å²) in [4.78, 5) is 14.6. The van der Waals surface area contributed by atoms with Crippen LogP contribution in [0, 0.1) is 5.92 Å². The molecule has 0 aromatic carbocycles. The zero-order valence-corrected chi connectivity index (χ0v) is 19.5. The molecule has 9 heteroatoms. The standard InChI is InChI=1S/C19H27F3GeN4S/c1-23(2,3)11-27-6-4-13-10-26(7-5-16(13)27)17-15-8-14(9-19(20,21)22)28-18(15)25-12-24-17/h8,12-13,16H,4-7,9-11H2,1-3H3. The minimum atomic E-state index is -4.20. The van der Waals surface area contributed by atoms with Crippen molar-refractivity contribution in [1.82, 2.24) is 14.9 Å². The van der Waals surface area contributed by atoms with Crippen LogP contribution in [0.15, 0.2) is 12.4 Å². The molecule has 0 bridgehead atoms. The molecule has 4 rings (SSSR count). The number of halogens is 3. The van der Waals surface area contributed by atoms with Crippen molar-refractivity contribution >= 4 is 40.6 Å². The quantitative estimate of drug-likeness (QED) is 0.610. The van der Waals surface area contributed by atoms with E-state index in [4.69, 9.17) is 0 Å². The van der Waals surface area contributed by atoms with E-state index < -0.39 is 25.9 Å². The Morgan fingerprint density at radius 3 is 2.68 bits per heavy atom. The third-order valence-corrected chi connectivity index (χ3v) is 9.55. The molecule has 0 radical (unpaired) electrons. The van der Waals surface area contributed by atoms with Gasteiger partial charge in [-0.1, -0.05) is 0 Å². The number of aromatic nitrogens is 2. The molecule has 4 heterocycles. The first kappa shape index (κ1) is 20.4. The molecule has 2 saturated heterocycles. The van der Waals surface area contributed by atoms with Crippen LogP contribution < -0.4 is 4.90 Å². The Balaban J connectivity index is 1.52. The third-order valence-electron chi connectivity index (χ3n) is 5.66. The summed E-state index contributed by atoms with van der Waals surface area (Å²) < 4.78 is 38.4. The summed E-state index contributed by atoms with van der Waals surface area (Å²) in [5.74, 6) is 8.83. The van der Waals surface area contributed by atoms with E-state index in [0.717, 1.165) is 42.1 Å². The summed E-state index contributed by atoms with van der Waals surface area (Å²) in [5, 5.41) is 2.06. The van der Waals surface area contributed by atoms with Gasteiger partial charge in [-0.15, -0.1) is 0 Å². The minimum absolute atomic E-state index is 0.308. The van der Waals surface area contributed by atoms with Gasteiger partial charge in [0.25, 0.3) is 0 Å². The van der Waals surface area contributed by atoms with Gasteiger partial charge in [-0.3, -0.25) is 0 Å². The molecular formula is C19H27F3GeN4S. The van der Waals surface area contributed by atoms with E-state index in [2.05, 4.69) is 37.0 Å². The van der Waals surface area contributed by atoms with Crippen LogP contribution >= 0.6 is 11.3 Å². The van der Waals surface area contributed by atoms with Crippen molar-refractivity contribution in [3.63, 3.8) is 0 Å². The Bertz CT molecular complexity index is 848. The Hall–Kier alpha value is -0.867. The second kappa shape index (κ2) is 7.43. The maximum atomic E-state index is 12.8. The van der Waals surface area contributed by atoms with Crippen molar-refractivity contribution in [3.8, 4) is 0 Å². The van der Waals surface area contributed by atoms with Gasteiger partial charge in [0.05, 0.1) is 0 Å². The SMILES string of the molecule is [CH3][Ge]([CH3])([CH3])[CH2]N1CCC2CN(c3ncnc4sc(CC(F)(F)F)cc34)CCC21. The first-order valence-electron chi connectivity index (χ1n) is 9.88. The number of alkyl halides is 3. The average Bonchev–Trinajstić information content (AvgIpc) is 3.14. The molecule has 2 aromatic rings. The fourth-order valence-corrected chi connectivity index (χ4v) is 9.11. The molecule has 2 aliphatic heterocycles. The number of anilines is 1. The molecule has 0 aliphatic carbocycles. The number of nitrogens with zero attached hydrogens (tertiary/aromatic N) is 4. The van der Waals surface area contributed by atoms with Crippen molar-refractivity contribution in [3.05, 3.63) is 17.3 Å². The predicted molar refractivity (Wildman–Crippen MR) is 111 cm³/mol.